The Morgan fingerprint density at radius 3 is 2.63 bits per heavy atom. The number of methoxy groups -OCH3 is 1. The lowest BCUT2D eigenvalue weighted by molar-refractivity contribution is -0.112. The summed E-state index contributed by atoms with van der Waals surface area (Å²) in [6.07, 6.45) is 6.65. The van der Waals surface area contributed by atoms with Gasteiger partial charge in [0.2, 0.25) is 0 Å². The largest absolute Gasteiger partial charge is 0.493 e. The number of rotatable bonds is 6. The maximum atomic E-state index is 12.4. The van der Waals surface area contributed by atoms with Gasteiger partial charge in [-0.1, -0.05) is 33.5 Å². The minimum Gasteiger partial charge on any atom is -0.493 e. The Kier molecular flexibility index (Phi) is 7.31. The number of hydrogen-bond donors (Lipinski definition) is 1. The van der Waals surface area contributed by atoms with Gasteiger partial charge in [0.05, 0.1) is 7.11 Å². The van der Waals surface area contributed by atoms with E-state index in [1.165, 1.54) is 13.2 Å². The van der Waals surface area contributed by atoms with Crippen LogP contribution in [0.15, 0.2) is 46.4 Å². The summed E-state index contributed by atoms with van der Waals surface area (Å²) >= 11 is 9.22. The first-order valence-electron chi connectivity index (χ1n) is 7.61. The summed E-state index contributed by atoms with van der Waals surface area (Å²) in [6.45, 7) is 0.0882. The zero-order valence-electron chi connectivity index (χ0n) is 14.3. The van der Waals surface area contributed by atoms with Crippen LogP contribution in [0.1, 0.15) is 5.56 Å². The van der Waals surface area contributed by atoms with Gasteiger partial charge in [0.25, 0.3) is 5.91 Å². The summed E-state index contributed by atoms with van der Waals surface area (Å²) in [5, 5.41) is 12.6. The van der Waals surface area contributed by atoms with Gasteiger partial charge in [-0.25, -0.2) is 0 Å². The second-order valence-electron chi connectivity index (χ2n) is 5.15. The van der Waals surface area contributed by atoms with E-state index in [4.69, 9.17) is 27.5 Å². The molecular weight excluding hydrogens is 432 g/mol. The topological polar surface area (TPSA) is 71.3 Å². The molecule has 2 aromatic carbocycles. The second-order valence-corrected chi connectivity index (χ2v) is 6.44. The van der Waals surface area contributed by atoms with Crippen molar-refractivity contribution in [2.75, 3.05) is 19.0 Å². The maximum Gasteiger partial charge on any atom is 0.266 e. The number of nitriles is 1. The highest BCUT2D eigenvalue weighted by molar-refractivity contribution is 9.10. The molecule has 0 aromatic heterocycles. The van der Waals surface area contributed by atoms with Crippen molar-refractivity contribution in [3.8, 4) is 29.9 Å². The van der Waals surface area contributed by atoms with E-state index in [2.05, 4.69) is 27.2 Å². The molecule has 0 bridgehead atoms. The second kappa shape index (κ2) is 9.68. The lowest BCUT2D eigenvalue weighted by Gasteiger charge is -2.11. The number of carbonyl (C=O) groups is 1. The number of anilines is 1. The van der Waals surface area contributed by atoms with Crippen LogP contribution in [0.4, 0.5) is 5.69 Å². The first-order valence-corrected chi connectivity index (χ1v) is 8.78. The SMILES string of the molecule is C#CCOc1cc(Br)c(/C=C(/C#N)C(=O)Nc2ccc(Cl)cc2)cc1OC. The molecule has 2 rings (SSSR count). The van der Waals surface area contributed by atoms with E-state index in [1.54, 1.807) is 36.4 Å². The van der Waals surface area contributed by atoms with Gasteiger partial charge in [-0.2, -0.15) is 5.26 Å². The van der Waals surface area contributed by atoms with Crippen LogP contribution in [0.25, 0.3) is 6.08 Å². The number of ether oxygens (including phenoxy) is 2. The molecule has 1 N–H and O–H groups in total. The summed E-state index contributed by atoms with van der Waals surface area (Å²) < 4.78 is 11.3. The Hall–Kier alpha value is -2.93. The van der Waals surface area contributed by atoms with Crippen LogP contribution in [-0.2, 0) is 4.79 Å². The van der Waals surface area contributed by atoms with Crippen LogP contribution < -0.4 is 14.8 Å². The zero-order chi connectivity index (χ0) is 19.8. The van der Waals surface area contributed by atoms with Crippen LogP contribution in [0.2, 0.25) is 5.02 Å². The van der Waals surface area contributed by atoms with Crippen molar-refractivity contribution in [1.29, 1.82) is 5.26 Å². The van der Waals surface area contributed by atoms with Crippen LogP contribution in [-0.4, -0.2) is 19.6 Å². The first kappa shape index (κ1) is 20.4. The van der Waals surface area contributed by atoms with E-state index < -0.39 is 5.91 Å². The van der Waals surface area contributed by atoms with Crippen molar-refractivity contribution in [2.24, 2.45) is 0 Å². The predicted molar refractivity (Wildman–Crippen MR) is 109 cm³/mol. The normalized spacial score (nSPS) is 10.5. The molecule has 0 saturated carbocycles. The Balaban J connectivity index is 2.30. The van der Waals surface area contributed by atoms with Gasteiger partial charge in [-0.15, -0.1) is 6.42 Å². The molecule has 0 fully saturated rings. The van der Waals surface area contributed by atoms with Crippen molar-refractivity contribution in [1.82, 2.24) is 0 Å². The third kappa shape index (κ3) is 5.52. The standard InChI is InChI=1S/C20H14BrClN2O3/c1-3-8-27-19-11-17(21)13(10-18(19)26-2)9-14(12-23)20(25)24-16-6-4-15(22)5-7-16/h1,4-7,9-11H,8H2,2H3,(H,24,25)/b14-9-. The van der Waals surface area contributed by atoms with E-state index in [0.717, 1.165) is 0 Å². The molecule has 0 saturated heterocycles. The molecule has 2 aromatic rings. The van der Waals surface area contributed by atoms with Gasteiger partial charge in [-0.3, -0.25) is 4.79 Å². The molecule has 0 heterocycles. The van der Waals surface area contributed by atoms with Gasteiger partial charge < -0.3 is 14.8 Å². The van der Waals surface area contributed by atoms with E-state index in [-0.39, 0.29) is 12.2 Å². The number of hydrogen-bond acceptors (Lipinski definition) is 4. The Morgan fingerprint density at radius 1 is 1.33 bits per heavy atom. The molecule has 27 heavy (non-hydrogen) atoms. The fourth-order valence-electron chi connectivity index (χ4n) is 2.09. The monoisotopic (exact) mass is 444 g/mol. The minimum absolute atomic E-state index is 0.0787. The number of halogens is 2. The van der Waals surface area contributed by atoms with E-state index in [0.29, 0.717) is 32.2 Å². The number of amides is 1. The van der Waals surface area contributed by atoms with Gasteiger partial charge in [0.1, 0.15) is 18.2 Å². The smallest absolute Gasteiger partial charge is 0.266 e. The minimum atomic E-state index is -0.543. The molecular formula is C20H14BrClN2O3. The van der Waals surface area contributed by atoms with Crippen LogP contribution in [0, 0.1) is 23.7 Å². The fraction of sp³-hybridized carbons (Fsp3) is 0.100. The zero-order valence-corrected chi connectivity index (χ0v) is 16.6. The van der Waals surface area contributed by atoms with Crippen molar-refractivity contribution >= 4 is 45.2 Å². The van der Waals surface area contributed by atoms with Crippen molar-refractivity contribution in [3.63, 3.8) is 0 Å². The molecule has 136 valence electrons. The molecule has 0 spiro atoms. The molecule has 5 nitrogen and oxygen atoms in total. The van der Waals surface area contributed by atoms with Gasteiger partial charge in [-0.05, 0) is 48.0 Å². The summed E-state index contributed by atoms with van der Waals surface area (Å²) in [6, 6.07) is 11.8. The molecule has 0 radical (unpaired) electrons. The molecule has 0 aliphatic carbocycles. The highest BCUT2D eigenvalue weighted by Crippen LogP contribution is 2.34. The average Bonchev–Trinajstić information content (AvgIpc) is 2.67. The molecule has 0 atom stereocenters. The number of carbonyl (C=O) groups excluding carboxylic acids is 1. The van der Waals surface area contributed by atoms with E-state index in [1.807, 2.05) is 6.07 Å². The summed E-state index contributed by atoms with van der Waals surface area (Å²) in [7, 11) is 1.48. The number of benzene rings is 2. The number of terminal acetylenes is 1. The lowest BCUT2D eigenvalue weighted by Crippen LogP contribution is -2.13. The number of nitrogens with zero attached hydrogens (tertiary/aromatic N) is 1. The third-order valence-electron chi connectivity index (χ3n) is 3.36. The van der Waals surface area contributed by atoms with Crippen molar-refractivity contribution in [2.45, 2.75) is 0 Å². The molecule has 0 aliphatic heterocycles. The average molecular weight is 446 g/mol. The molecule has 0 aliphatic rings. The van der Waals surface area contributed by atoms with Gasteiger partial charge in [0.15, 0.2) is 11.5 Å². The summed E-state index contributed by atoms with van der Waals surface area (Å²) in [5.74, 6) is 2.71. The Morgan fingerprint density at radius 2 is 2.04 bits per heavy atom. The van der Waals surface area contributed by atoms with E-state index >= 15 is 0 Å². The highest BCUT2D eigenvalue weighted by Gasteiger charge is 2.13. The first-order chi connectivity index (χ1) is 13.0. The lowest BCUT2D eigenvalue weighted by atomic mass is 10.1. The van der Waals surface area contributed by atoms with Crippen LogP contribution >= 0.6 is 27.5 Å². The quantitative estimate of drug-likeness (QED) is 0.398. The fourth-order valence-corrected chi connectivity index (χ4v) is 2.65. The van der Waals surface area contributed by atoms with Crippen LogP contribution in [0.3, 0.4) is 0 Å². The maximum absolute atomic E-state index is 12.4. The molecule has 0 unspecified atom stereocenters. The number of nitrogens with one attached hydrogen (secondary N) is 1. The van der Waals surface area contributed by atoms with Gasteiger partial charge in [0, 0.05) is 15.2 Å². The Bertz CT molecular complexity index is 957. The van der Waals surface area contributed by atoms with Crippen LogP contribution in [0.5, 0.6) is 11.5 Å². The predicted octanol–water partition coefficient (Wildman–Crippen LogP) is 4.67. The highest BCUT2D eigenvalue weighted by atomic mass is 79.9. The Labute approximate surface area is 170 Å². The third-order valence-corrected chi connectivity index (χ3v) is 4.30. The van der Waals surface area contributed by atoms with Crippen molar-refractivity contribution < 1.29 is 14.3 Å². The molecule has 7 heteroatoms. The molecule has 1 amide bonds. The summed E-state index contributed by atoms with van der Waals surface area (Å²) in [5.41, 5.74) is 1.02. The van der Waals surface area contributed by atoms with Gasteiger partial charge >= 0.3 is 0 Å². The van der Waals surface area contributed by atoms with Crippen molar-refractivity contribution in [3.05, 3.63) is 57.0 Å². The van der Waals surface area contributed by atoms with E-state index in [9.17, 15) is 10.1 Å². The summed E-state index contributed by atoms with van der Waals surface area (Å²) in [4.78, 5) is 12.4.